The summed E-state index contributed by atoms with van der Waals surface area (Å²) in [5, 5.41) is 5.64. The lowest BCUT2D eigenvalue weighted by atomic mass is 9.98. The van der Waals surface area contributed by atoms with Crippen LogP contribution >= 0.6 is 12.6 Å². The molecule has 0 aliphatic rings. The maximum Gasteiger partial charge on any atom is 0.339 e. The van der Waals surface area contributed by atoms with E-state index in [0.29, 0.717) is 71.1 Å². The van der Waals surface area contributed by atoms with Gasteiger partial charge in [0.2, 0.25) is 5.91 Å². The molecule has 0 bridgehead atoms. The van der Waals surface area contributed by atoms with Crippen LogP contribution in [0, 0.1) is 0 Å². The molecule has 0 saturated heterocycles. The van der Waals surface area contributed by atoms with Crippen LogP contribution in [0.25, 0.3) is 0 Å². The number of unbranched alkanes of at least 4 members (excludes halogenated alkanes) is 7. The van der Waals surface area contributed by atoms with Crippen molar-refractivity contribution in [2.75, 3.05) is 65.1 Å². The largest absolute Gasteiger partial charge is 0.452 e. The van der Waals surface area contributed by atoms with Gasteiger partial charge >= 0.3 is 5.97 Å². The molecule has 0 aromatic heterocycles. The molecule has 0 unspecified atom stereocenters. The summed E-state index contributed by atoms with van der Waals surface area (Å²) in [6.45, 7) is 3.36. The first-order valence-corrected chi connectivity index (χ1v) is 17.9. The summed E-state index contributed by atoms with van der Waals surface area (Å²) < 4.78 is 21.7. The molecule has 2 N–H and O–H groups in total. The molecule has 0 heterocycles. The highest BCUT2D eigenvalue weighted by Crippen LogP contribution is 2.16. The van der Waals surface area contributed by atoms with E-state index in [1.807, 2.05) is 0 Å². The second-order valence-electron chi connectivity index (χ2n) is 11.4. The van der Waals surface area contributed by atoms with Crippen LogP contribution in [0.4, 0.5) is 0 Å². The summed E-state index contributed by atoms with van der Waals surface area (Å²) in [5.74, 6) is -0.369. The summed E-state index contributed by atoms with van der Waals surface area (Å²) in [4.78, 5) is 49.5. The Morgan fingerprint density at radius 3 is 1.65 bits per heavy atom. The van der Waals surface area contributed by atoms with Crippen LogP contribution in [-0.2, 0) is 28.5 Å². The van der Waals surface area contributed by atoms with Crippen LogP contribution < -0.4 is 10.6 Å². The van der Waals surface area contributed by atoms with Gasteiger partial charge in [0, 0.05) is 43.9 Å². The van der Waals surface area contributed by atoms with Crippen LogP contribution in [0.15, 0.2) is 54.6 Å². The van der Waals surface area contributed by atoms with Crippen LogP contribution in [0.1, 0.15) is 96.9 Å². The summed E-state index contributed by atoms with van der Waals surface area (Å²) in [5.41, 5.74) is 0.791. The van der Waals surface area contributed by atoms with Crippen molar-refractivity contribution in [3.63, 3.8) is 0 Å². The lowest BCUT2D eigenvalue weighted by Gasteiger charge is -2.10. The van der Waals surface area contributed by atoms with E-state index in [1.54, 1.807) is 48.5 Å². The van der Waals surface area contributed by atoms with Gasteiger partial charge in [-0.2, -0.15) is 12.6 Å². The number of nitrogens with one attached hydrogen (secondary N) is 2. The Morgan fingerprint density at radius 1 is 0.542 bits per heavy atom. The predicted octanol–water partition coefficient (Wildman–Crippen LogP) is 5.58. The average molecular weight is 687 g/mol. The predicted molar refractivity (Wildman–Crippen MR) is 190 cm³/mol. The smallest absolute Gasteiger partial charge is 0.339 e. The topological polar surface area (TPSA) is 129 Å². The third-order valence-electron chi connectivity index (χ3n) is 7.39. The Labute approximate surface area is 291 Å². The second kappa shape index (κ2) is 27.7. The molecular weight excluding hydrogens is 632 g/mol. The fourth-order valence-corrected chi connectivity index (χ4v) is 4.98. The van der Waals surface area contributed by atoms with Gasteiger partial charge in [-0.3, -0.25) is 14.4 Å². The van der Waals surface area contributed by atoms with E-state index in [0.717, 1.165) is 25.0 Å². The fourth-order valence-electron chi connectivity index (χ4n) is 4.76. The summed E-state index contributed by atoms with van der Waals surface area (Å²) in [7, 11) is 0. The quantitative estimate of drug-likeness (QED) is 0.0438. The zero-order valence-corrected chi connectivity index (χ0v) is 29.2. The van der Waals surface area contributed by atoms with E-state index in [4.69, 9.17) is 18.9 Å². The summed E-state index contributed by atoms with van der Waals surface area (Å²) in [6, 6.07) is 15.0. The van der Waals surface area contributed by atoms with Crippen LogP contribution in [0.3, 0.4) is 0 Å². The monoisotopic (exact) mass is 686 g/mol. The Balaban J connectivity index is 1.36. The van der Waals surface area contributed by atoms with Gasteiger partial charge in [0.15, 0.2) is 12.4 Å². The van der Waals surface area contributed by atoms with E-state index < -0.39 is 18.5 Å². The molecule has 11 heteroatoms. The van der Waals surface area contributed by atoms with Gasteiger partial charge in [0.1, 0.15) is 0 Å². The molecule has 0 aliphatic heterocycles. The number of carbonyl (C=O) groups excluding carboxylic acids is 4. The minimum atomic E-state index is -0.735. The molecular formula is C37H54N2O8S. The van der Waals surface area contributed by atoms with Crippen molar-refractivity contribution in [2.45, 2.75) is 70.6 Å². The van der Waals surface area contributed by atoms with Gasteiger partial charge in [-0.1, -0.05) is 87.1 Å². The number of carbonyl (C=O) groups is 4. The minimum Gasteiger partial charge on any atom is -0.452 e. The van der Waals surface area contributed by atoms with Gasteiger partial charge in [0.05, 0.1) is 32.0 Å². The first-order chi connectivity index (χ1) is 23.5. The van der Waals surface area contributed by atoms with E-state index >= 15 is 0 Å². The van der Waals surface area contributed by atoms with Crippen molar-refractivity contribution in [1.82, 2.24) is 10.6 Å². The van der Waals surface area contributed by atoms with Gasteiger partial charge in [-0.15, -0.1) is 0 Å². The highest BCUT2D eigenvalue weighted by Gasteiger charge is 2.19. The van der Waals surface area contributed by atoms with Gasteiger partial charge in [-0.05, 0) is 37.5 Å². The van der Waals surface area contributed by atoms with Crippen molar-refractivity contribution in [1.29, 1.82) is 0 Å². The van der Waals surface area contributed by atoms with Crippen LogP contribution in [0.5, 0.6) is 0 Å². The molecule has 10 nitrogen and oxygen atoms in total. The van der Waals surface area contributed by atoms with Crippen molar-refractivity contribution >= 4 is 36.2 Å². The highest BCUT2D eigenvalue weighted by molar-refractivity contribution is 7.80. The normalized spacial score (nSPS) is 10.9. The molecule has 0 spiro atoms. The number of rotatable bonds is 29. The first kappa shape index (κ1) is 40.9. The number of esters is 1. The van der Waals surface area contributed by atoms with E-state index in [-0.39, 0.29) is 22.8 Å². The van der Waals surface area contributed by atoms with Crippen molar-refractivity contribution in [2.24, 2.45) is 0 Å². The Morgan fingerprint density at radius 2 is 1.04 bits per heavy atom. The van der Waals surface area contributed by atoms with E-state index in [2.05, 4.69) is 23.3 Å². The number of thiol groups is 1. The molecule has 0 aliphatic carbocycles. The standard InChI is InChI=1S/C37H54N2O8S/c40-34(20-10-5-3-1-2-4-6-13-29-48)38-21-14-23-44-25-27-46-28-26-45-24-15-22-39-35(41)30-47-37(43)33-19-12-11-18-32(33)36(42)31-16-8-7-9-17-31/h7-9,11-12,16-19,48H,1-6,10,13-15,20-30H2,(H,38,40)(H,39,41). The van der Waals surface area contributed by atoms with Gasteiger partial charge < -0.3 is 29.6 Å². The molecule has 2 amide bonds. The van der Waals surface area contributed by atoms with Gasteiger partial charge in [0.25, 0.3) is 5.91 Å². The third kappa shape index (κ3) is 19.5. The zero-order valence-electron chi connectivity index (χ0n) is 28.3. The molecule has 266 valence electrons. The lowest BCUT2D eigenvalue weighted by molar-refractivity contribution is -0.124. The van der Waals surface area contributed by atoms with Gasteiger partial charge in [-0.25, -0.2) is 4.79 Å². The number of hydrogen-bond donors (Lipinski definition) is 3. The second-order valence-corrected chi connectivity index (χ2v) is 11.8. The first-order valence-electron chi connectivity index (χ1n) is 17.3. The number of hydrogen-bond acceptors (Lipinski definition) is 9. The summed E-state index contributed by atoms with van der Waals surface area (Å²) >= 11 is 4.23. The zero-order chi connectivity index (χ0) is 34.5. The number of ketones is 1. The lowest BCUT2D eigenvalue weighted by Crippen LogP contribution is -2.30. The number of ether oxygens (including phenoxy) is 4. The number of amides is 2. The molecule has 0 radical (unpaired) electrons. The maximum atomic E-state index is 12.8. The number of benzene rings is 2. The highest BCUT2D eigenvalue weighted by atomic mass is 32.1. The molecule has 0 atom stereocenters. The fraction of sp³-hybridized carbons (Fsp3) is 0.568. The van der Waals surface area contributed by atoms with Crippen molar-refractivity contribution in [3.8, 4) is 0 Å². The minimum absolute atomic E-state index is 0.111. The summed E-state index contributed by atoms with van der Waals surface area (Å²) in [6.07, 6.45) is 11.5. The molecule has 2 rings (SSSR count). The average Bonchev–Trinajstić information content (AvgIpc) is 3.11. The third-order valence-corrected chi connectivity index (χ3v) is 7.71. The maximum absolute atomic E-state index is 12.8. The van der Waals surface area contributed by atoms with E-state index in [9.17, 15) is 19.2 Å². The molecule has 48 heavy (non-hydrogen) atoms. The van der Waals surface area contributed by atoms with Crippen molar-refractivity contribution in [3.05, 3.63) is 71.3 Å². The molecule has 2 aromatic carbocycles. The Kier molecular flexibility index (Phi) is 23.6. The molecule has 2 aromatic rings. The van der Waals surface area contributed by atoms with Crippen molar-refractivity contribution < 1.29 is 38.1 Å². The van der Waals surface area contributed by atoms with Crippen LogP contribution in [0.2, 0.25) is 0 Å². The Hall–Kier alpha value is -3.25. The Bertz CT molecular complexity index is 1180. The molecule has 0 fully saturated rings. The molecule has 0 saturated carbocycles. The SMILES string of the molecule is O=C(CCCCCCCCCCS)NCCCOCCOCCOCCCNC(=O)COC(=O)c1ccccc1C(=O)c1ccccc1. The van der Waals surface area contributed by atoms with Crippen LogP contribution in [-0.4, -0.2) is 88.7 Å². The van der Waals surface area contributed by atoms with E-state index in [1.165, 1.54) is 44.6 Å².